The van der Waals surface area contributed by atoms with Gasteiger partial charge in [-0.3, -0.25) is 10.1 Å². The van der Waals surface area contributed by atoms with Crippen molar-refractivity contribution < 1.29 is 24.0 Å². The number of aromatic nitrogens is 1. The predicted octanol–water partition coefficient (Wildman–Crippen LogP) is -0.365. The highest BCUT2D eigenvalue weighted by molar-refractivity contribution is 5.85. The van der Waals surface area contributed by atoms with Crippen molar-refractivity contribution in [1.82, 2.24) is 10.5 Å². The van der Waals surface area contributed by atoms with E-state index >= 15 is 0 Å². The number of carboxylic acids is 1. The number of esters is 1. The van der Waals surface area contributed by atoms with Crippen LogP contribution < -0.4 is 5.32 Å². The Bertz CT molecular complexity index is 360. The maximum absolute atomic E-state index is 10.7. The maximum atomic E-state index is 10.7. The Hall–Kier alpha value is -1.89. The molecular weight excluding hydrogens is 204 g/mol. The molecule has 1 rings (SSSR count). The molecule has 1 aromatic rings. The van der Waals surface area contributed by atoms with Crippen LogP contribution in [0, 0.1) is 0 Å². The van der Waals surface area contributed by atoms with Gasteiger partial charge in [-0.05, 0) is 0 Å². The van der Waals surface area contributed by atoms with E-state index in [1.54, 1.807) is 0 Å². The van der Waals surface area contributed by atoms with Crippen molar-refractivity contribution in [1.29, 1.82) is 0 Å². The van der Waals surface area contributed by atoms with Gasteiger partial charge in [-0.1, -0.05) is 5.16 Å². The maximum Gasteiger partial charge on any atom is 0.358 e. The van der Waals surface area contributed by atoms with E-state index in [2.05, 4.69) is 15.2 Å². The van der Waals surface area contributed by atoms with Crippen LogP contribution in [0.4, 0.5) is 0 Å². The van der Waals surface area contributed by atoms with Crippen LogP contribution in [0.25, 0.3) is 0 Å². The van der Waals surface area contributed by atoms with Crippen molar-refractivity contribution in [2.45, 2.75) is 6.54 Å². The lowest BCUT2D eigenvalue weighted by atomic mass is 10.3. The first-order valence-electron chi connectivity index (χ1n) is 4.10. The Morgan fingerprint density at radius 3 is 2.93 bits per heavy atom. The first kappa shape index (κ1) is 11.2. The summed E-state index contributed by atoms with van der Waals surface area (Å²) < 4.78 is 9.09. The highest BCUT2D eigenvalue weighted by Crippen LogP contribution is 2.02. The molecular formula is C8H10N2O5. The van der Waals surface area contributed by atoms with E-state index in [0.717, 1.165) is 0 Å². The molecule has 0 bridgehead atoms. The lowest BCUT2D eigenvalue weighted by molar-refractivity contribution is -0.139. The smallest absolute Gasteiger partial charge is 0.358 e. The fourth-order valence-electron chi connectivity index (χ4n) is 0.857. The molecule has 0 aliphatic heterocycles. The molecule has 0 fully saturated rings. The van der Waals surface area contributed by atoms with Gasteiger partial charge in [0.15, 0.2) is 11.5 Å². The predicted molar refractivity (Wildman–Crippen MR) is 47.2 cm³/mol. The summed E-state index contributed by atoms with van der Waals surface area (Å²) in [6.45, 7) is 0.245. The molecule has 0 atom stereocenters. The number of hydrogen-bond acceptors (Lipinski definition) is 6. The molecule has 0 amide bonds. The lowest BCUT2D eigenvalue weighted by Gasteiger charge is -1.98. The summed E-state index contributed by atoms with van der Waals surface area (Å²) >= 11 is 0. The van der Waals surface area contributed by atoms with Gasteiger partial charge in [0.25, 0.3) is 0 Å². The van der Waals surface area contributed by atoms with E-state index in [9.17, 15) is 9.59 Å². The number of carbonyl (C=O) groups excluding carboxylic acids is 1. The SMILES string of the molecule is COC(=O)CNCc1cc(C(=O)O)no1. The first-order chi connectivity index (χ1) is 7.13. The van der Waals surface area contributed by atoms with Crippen molar-refractivity contribution >= 4 is 11.9 Å². The zero-order valence-corrected chi connectivity index (χ0v) is 8.02. The topological polar surface area (TPSA) is 102 Å². The molecule has 1 aromatic heterocycles. The van der Waals surface area contributed by atoms with Gasteiger partial charge < -0.3 is 14.4 Å². The minimum Gasteiger partial charge on any atom is -0.476 e. The monoisotopic (exact) mass is 214 g/mol. The van der Waals surface area contributed by atoms with E-state index in [4.69, 9.17) is 9.63 Å². The standard InChI is InChI=1S/C8H10N2O5/c1-14-7(11)4-9-3-5-2-6(8(12)13)10-15-5/h2,9H,3-4H2,1H3,(H,12,13). The van der Waals surface area contributed by atoms with Gasteiger partial charge in [0.1, 0.15) is 0 Å². The average molecular weight is 214 g/mol. The van der Waals surface area contributed by atoms with Gasteiger partial charge in [-0.25, -0.2) is 4.79 Å². The molecule has 0 spiro atoms. The second-order valence-electron chi connectivity index (χ2n) is 2.66. The third-order valence-electron chi connectivity index (χ3n) is 1.57. The number of nitrogens with zero attached hydrogens (tertiary/aromatic N) is 1. The molecule has 0 unspecified atom stereocenters. The quantitative estimate of drug-likeness (QED) is 0.645. The Balaban J connectivity index is 2.38. The van der Waals surface area contributed by atoms with Crippen LogP contribution in [0.3, 0.4) is 0 Å². The summed E-state index contributed by atoms with van der Waals surface area (Å²) in [4.78, 5) is 21.1. The molecule has 7 nitrogen and oxygen atoms in total. The number of ether oxygens (including phenoxy) is 1. The van der Waals surface area contributed by atoms with E-state index in [1.165, 1.54) is 13.2 Å². The number of hydrogen-bond donors (Lipinski definition) is 2. The second kappa shape index (κ2) is 5.11. The zero-order valence-electron chi connectivity index (χ0n) is 8.02. The van der Waals surface area contributed by atoms with E-state index in [-0.39, 0.29) is 18.8 Å². The molecule has 15 heavy (non-hydrogen) atoms. The number of carboxylic acid groups (broad SMARTS) is 1. The van der Waals surface area contributed by atoms with Crippen molar-refractivity contribution in [3.63, 3.8) is 0 Å². The highest BCUT2D eigenvalue weighted by Gasteiger charge is 2.10. The number of rotatable bonds is 5. The van der Waals surface area contributed by atoms with Crippen molar-refractivity contribution in [3.8, 4) is 0 Å². The van der Waals surface area contributed by atoms with Crippen molar-refractivity contribution in [2.75, 3.05) is 13.7 Å². The number of methoxy groups -OCH3 is 1. The van der Waals surface area contributed by atoms with Crippen LogP contribution in [-0.4, -0.2) is 35.9 Å². The first-order valence-corrected chi connectivity index (χ1v) is 4.10. The third kappa shape index (κ3) is 3.39. The summed E-state index contributed by atoms with van der Waals surface area (Å²) in [5.74, 6) is -1.22. The molecule has 82 valence electrons. The summed E-state index contributed by atoms with van der Waals surface area (Å²) in [5.41, 5.74) is -0.162. The van der Waals surface area contributed by atoms with Crippen molar-refractivity contribution in [2.24, 2.45) is 0 Å². The molecule has 0 saturated heterocycles. The normalized spacial score (nSPS) is 9.93. The van der Waals surface area contributed by atoms with E-state index in [0.29, 0.717) is 5.76 Å². The van der Waals surface area contributed by atoms with Crippen molar-refractivity contribution in [3.05, 3.63) is 17.5 Å². The number of carbonyl (C=O) groups is 2. The van der Waals surface area contributed by atoms with Gasteiger partial charge in [-0.15, -0.1) is 0 Å². The molecule has 0 aromatic carbocycles. The molecule has 0 radical (unpaired) electrons. The van der Waals surface area contributed by atoms with Crippen LogP contribution in [-0.2, 0) is 16.1 Å². The van der Waals surface area contributed by atoms with Gasteiger partial charge >= 0.3 is 11.9 Å². The van der Waals surface area contributed by atoms with Gasteiger partial charge in [0, 0.05) is 6.07 Å². The van der Waals surface area contributed by atoms with Gasteiger partial charge in [-0.2, -0.15) is 0 Å². The average Bonchev–Trinajstić information content (AvgIpc) is 2.66. The summed E-state index contributed by atoms with van der Waals surface area (Å²) in [5, 5.41) is 14.5. The Morgan fingerprint density at radius 1 is 1.67 bits per heavy atom. The fourth-order valence-corrected chi connectivity index (χ4v) is 0.857. The zero-order chi connectivity index (χ0) is 11.3. The number of nitrogens with one attached hydrogen (secondary N) is 1. The Kier molecular flexibility index (Phi) is 3.81. The minimum atomic E-state index is -1.15. The van der Waals surface area contributed by atoms with Crippen LogP contribution in [0.5, 0.6) is 0 Å². The summed E-state index contributed by atoms with van der Waals surface area (Å²) in [6.07, 6.45) is 0. The molecule has 0 aliphatic carbocycles. The highest BCUT2D eigenvalue weighted by atomic mass is 16.5. The van der Waals surface area contributed by atoms with E-state index in [1.807, 2.05) is 0 Å². The molecule has 7 heteroatoms. The third-order valence-corrected chi connectivity index (χ3v) is 1.57. The van der Waals surface area contributed by atoms with Crippen LogP contribution >= 0.6 is 0 Å². The Morgan fingerprint density at radius 2 is 2.40 bits per heavy atom. The summed E-state index contributed by atoms with van der Waals surface area (Å²) in [6, 6.07) is 1.28. The van der Waals surface area contributed by atoms with Crippen LogP contribution in [0.15, 0.2) is 10.6 Å². The largest absolute Gasteiger partial charge is 0.476 e. The van der Waals surface area contributed by atoms with Gasteiger partial charge in [0.2, 0.25) is 0 Å². The lowest BCUT2D eigenvalue weighted by Crippen LogP contribution is -2.23. The van der Waals surface area contributed by atoms with Crippen LogP contribution in [0.2, 0.25) is 0 Å². The molecule has 1 heterocycles. The fraction of sp³-hybridized carbons (Fsp3) is 0.375. The molecule has 2 N–H and O–H groups in total. The van der Waals surface area contributed by atoms with Gasteiger partial charge in [0.05, 0.1) is 20.2 Å². The molecule has 0 saturated carbocycles. The second-order valence-corrected chi connectivity index (χ2v) is 2.66. The minimum absolute atomic E-state index is 0.0274. The number of aromatic carboxylic acids is 1. The summed E-state index contributed by atoms with van der Waals surface area (Å²) in [7, 11) is 1.28. The Labute approximate surface area is 85.0 Å². The van der Waals surface area contributed by atoms with E-state index < -0.39 is 11.9 Å². The molecule has 0 aliphatic rings. The van der Waals surface area contributed by atoms with Crippen LogP contribution in [0.1, 0.15) is 16.2 Å².